The summed E-state index contributed by atoms with van der Waals surface area (Å²) in [7, 11) is -1.75. The summed E-state index contributed by atoms with van der Waals surface area (Å²) in [5, 5.41) is 8.96. The molecule has 2 bridgehead atoms. The highest BCUT2D eigenvalue weighted by molar-refractivity contribution is 6.74. The van der Waals surface area contributed by atoms with E-state index in [0.29, 0.717) is 17.9 Å². The maximum atomic E-state index is 10.6. The third-order valence-corrected chi connectivity index (χ3v) is 10.2. The highest BCUT2D eigenvalue weighted by Gasteiger charge is 2.49. The topological polar surface area (TPSA) is 55.8 Å². The number of carbonyl (C=O) groups is 1. The van der Waals surface area contributed by atoms with Gasteiger partial charge in [0.25, 0.3) is 0 Å². The number of aliphatic carboxylic acids is 1. The Morgan fingerprint density at radius 3 is 2.41 bits per heavy atom. The highest BCUT2D eigenvalue weighted by atomic mass is 28.4. The summed E-state index contributed by atoms with van der Waals surface area (Å²) in [6, 6.07) is 0. The number of ether oxygens (including phenoxy) is 1. The first-order valence-electron chi connectivity index (χ1n) is 8.31. The van der Waals surface area contributed by atoms with Crippen LogP contribution in [0.2, 0.25) is 18.1 Å². The predicted octanol–water partition coefficient (Wildman–Crippen LogP) is 3.83. The molecule has 0 saturated carbocycles. The number of hydrogen-bond donors (Lipinski definition) is 1. The van der Waals surface area contributed by atoms with Crippen molar-refractivity contribution in [1.29, 1.82) is 0 Å². The first kappa shape index (κ1) is 17.7. The quantitative estimate of drug-likeness (QED) is 0.595. The predicted molar refractivity (Wildman–Crippen MR) is 89.4 cm³/mol. The Morgan fingerprint density at radius 2 is 1.86 bits per heavy atom. The molecule has 0 aromatic carbocycles. The standard InChI is InChI=1S/C17H30O4Si/c1-17(2,3)22(4,5)20-11-13-12(7-6-8-16(18)19)14-9-10-15(13)21-14/h6,8,12-15H,7,9-11H2,1-5H3,(H,18,19)/b8-6+/t12-,13+,14+,15+/m1/s1. The number of fused-ring (bicyclic) bond motifs is 2. The molecule has 0 radical (unpaired) electrons. The summed E-state index contributed by atoms with van der Waals surface area (Å²) in [5.41, 5.74) is 0. The molecule has 4 atom stereocenters. The van der Waals surface area contributed by atoms with E-state index in [0.717, 1.165) is 25.9 Å². The van der Waals surface area contributed by atoms with E-state index in [1.54, 1.807) is 6.08 Å². The molecule has 2 saturated heterocycles. The minimum atomic E-state index is -1.75. The van der Waals surface area contributed by atoms with Crippen LogP contribution < -0.4 is 0 Å². The van der Waals surface area contributed by atoms with Gasteiger partial charge in [-0.2, -0.15) is 0 Å². The Kier molecular flexibility index (Phi) is 5.19. The molecule has 126 valence electrons. The zero-order valence-electron chi connectivity index (χ0n) is 14.5. The summed E-state index contributed by atoms with van der Waals surface area (Å²) in [4.78, 5) is 10.6. The third kappa shape index (κ3) is 3.81. The number of rotatable bonds is 6. The zero-order valence-corrected chi connectivity index (χ0v) is 15.5. The zero-order chi connectivity index (χ0) is 16.5. The van der Waals surface area contributed by atoms with Gasteiger partial charge in [0, 0.05) is 18.6 Å². The average Bonchev–Trinajstić information content (AvgIpc) is 2.95. The summed E-state index contributed by atoms with van der Waals surface area (Å²) in [6.07, 6.45) is 6.62. The molecule has 22 heavy (non-hydrogen) atoms. The molecular formula is C17H30O4Si. The lowest BCUT2D eigenvalue weighted by atomic mass is 9.78. The lowest BCUT2D eigenvalue weighted by Gasteiger charge is -2.38. The van der Waals surface area contributed by atoms with E-state index in [4.69, 9.17) is 14.3 Å². The van der Waals surface area contributed by atoms with E-state index in [1.165, 1.54) is 6.08 Å². The second-order valence-corrected chi connectivity index (χ2v) is 13.0. The minimum absolute atomic E-state index is 0.212. The van der Waals surface area contributed by atoms with Crippen LogP contribution in [0.25, 0.3) is 0 Å². The Bertz CT molecular complexity index is 438. The summed E-state index contributed by atoms with van der Waals surface area (Å²) in [6.45, 7) is 12.1. The fourth-order valence-corrected chi connectivity index (χ4v) is 4.32. The Hall–Kier alpha value is -0.653. The van der Waals surface area contributed by atoms with Gasteiger partial charge in [-0.05, 0) is 43.3 Å². The van der Waals surface area contributed by atoms with Crippen molar-refractivity contribution in [2.75, 3.05) is 6.61 Å². The van der Waals surface area contributed by atoms with Crippen LogP contribution in [-0.4, -0.2) is 38.2 Å². The summed E-state index contributed by atoms with van der Waals surface area (Å²) in [5.74, 6) is -0.0661. The van der Waals surface area contributed by atoms with Crippen LogP contribution in [0.1, 0.15) is 40.0 Å². The molecule has 5 heteroatoms. The number of carboxylic acids is 1. The van der Waals surface area contributed by atoms with Crippen molar-refractivity contribution in [3.8, 4) is 0 Å². The van der Waals surface area contributed by atoms with E-state index in [2.05, 4.69) is 33.9 Å². The van der Waals surface area contributed by atoms with Crippen LogP contribution in [0, 0.1) is 11.8 Å². The van der Waals surface area contributed by atoms with Crippen LogP contribution in [0.4, 0.5) is 0 Å². The molecule has 0 unspecified atom stereocenters. The smallest absolute Gasteiger partial charge is 0.327 e. The molecule has 0 aliphatic carbocycles. The van der Waals surface area contributed by atoms with Crippen LogP contribution in [-0.2, 0) is 14.0 Å². The highest BCUT2D eigenvalue weighted by Crippen LogP contribution is 2.46. The van der Waals surface area contributed by atoms with Gasteiger partial charge < -0.3 is 14.3 Å². The SMILES string of the molecule is CC(C)(C)[Si](C)(C)OC[C@H]1[C@@H](C/C=C/C(=O)O)[C@@H]2CC[C@@H]1O2. The van der Waals surface area contributed by atoms with Crippen LogP contribution in [0.3, 0.4) is 0 Å². The molecule has 1 N–H and O–H groups in total. The lowest BCUT2D eigenvalue weighted by Crippen LogP contribution is -2.43. The Balaban J connectivity index is 1.97. The first-order valence-corrected chi connectivity index (χ1v) is 11.2. The number of carboxylic acid groups (broad SMARTS) is 1. The van der Waals surface area contributed by atoms with Crippen LogP contribution in [0.15, 0.2) is 12.2 Å². The molecule has 0 aromatic heterocycles. The summed E-state index contributed by atoms with van der Waals surface area (Å²) < 4.78 is 12.5. The van der Waals surface area contributed by atoms with Gasteiger partial charge in [0.15, 0.2) is 8.32 Å². The monoisotopic (exact) mass is 326 g/mol. The van der Waals surface area contributed by atoms with Crippen molar-refractivity contribution in [3.05, 3.63) is 12.2 Å². The van der Waals surface area contributed by atoms with Gasteiger partial charge in [-0.3, -0.25) is 0 Å². The van der Waals surface area contributed by atoms with E-state index in [1.807, 2.05) is 0 Å². The third-order valence-electron chi connectivity index (χ3n) is 5.70. The average molecular weight is 327 g/mol. The molecule has 0 amide bonds. The van der Waals surface area contributed by atoms with Crippen molar-refractivity contribution in [2.24, 2.45) is 11.8 Å². The molecule has 2 heterocycles. The van der Waals surface area contributed by atoms with Crippen LogP contribution >= 0.6 is 0 Å². The van der Waals surface area contributed by atoms with Gasteiger partial charge in [0.1, 0.15) is 0 Å². The summed E-state index contributed by atoms with van der Waals surface area (Å²) >= 11 is 0. The van der Waals surface area contributed by atoms with E-state index in [-0.39, 0.29) is 11.1 Å². The second-order valence-electron chi connectivity index (χ2n) is 8.17. The Morgan fingerprint density at radius 1 is 1.27 bits per heavy atom. The van der Waals surface area contributed by atoms with Crippen molar-refractivity contribution in [2.45, 2.75) is 70.4 Å². The fourth-order valence-electron chi connectivity index (χ4n) is 3.28. The molecule has 0 aromatic rings. The number of allylic oxidation sites excluding steroid dienone is 1. The first-order chi connectivity index (χ1) is 10.1. The molecule has 0 spiro atoms. The number of hydrogen-bond acceptors (Lipinski definition) is 3. The van der Waals surface area contributed by atoms with Gasteiger partial charge in [-0.15, -0.1) is 0 Å². The molecule has 2 fully saturated rings. The van der Waals surface area contributed by atoms with Gasteiger partial charge in [-0.1, -0.05) is 26.8 Å². The minimum Gasteiger partial charge on any atom is -0.478 e. The van der Waals surface area contributed by atoms with Crippen molar-refractivity contribution in [1.82, 2.24) is 0 Å². The van der Waals surface area contributed by atoms with Crippen LogP contribution in [0.5, 0.6) is 0 Å². The van der Waals surface area contributed by atoms with Crippen molar-refractivity contribution in [3.63, 3.8) is 0 Å². The van der Waals surface area contributed by atoms with Gasteiger partial charge in [0.05, 0.1) is 12.2 Å². The van der Waals surface area contributed by atoms with E-state index in [9.17, 15) is 4.79 Å². The van der Waals surface area contributed by atoms with Crippen molar-refractivity contribution >= 4 is 14.3 Å². The maximum Gasteiger partial charge on any atom is 0.327 e. The molecule has 4 nitrogen and oxygen atoms in total. The second kappa shape index (κ2) is 6.46. The maximum absolute atomic E-state index is 10.6. The van der Waals surface area contributed by atoms with Gasteiger partial charge in [0.2, 0.25) is 0 Å². The molecule has 2 aliphatic rings. The van der Waals surface area contributed by atoms with Crippen molar-refractivity contribution < 1.29 is 19.1 Å². The molecule has 2 rings (SSSR count). The van der Waals surface area contributed by atoms with E-state index >= 15 is 0 Å². The lowest BCUT2D eigenvalue weighted by molar-refractivity contribution is -0.131. The Labute approximate surface area is 135 Å². The van der Waals surface area contributed by atoms with Gasteiger partial charge in [-0.25, -0.2) is 4.79 Å². The normalized spacial score (nSPS) is 32.0. The van der Waals surface area contributed by atoms with Gasteiger partial charge >= 0.3 is 5.97 Å². The fraction of sp³-hybridized carbons (Fsp3) is 0.824. The molecular weight excluding hydrogens is 296 g/mol. The largest absolute Gasteiger partial charge is 0.478 e. The van der Waals surface area contributed by atoms with E-state index < -0.39 is 14.3 Å². The molecule has 2 aliphatic heterocycles.